The predicted molar refractivity (Wildman–Crippen MR) is 53.8 cm³/mol. The normalized spacial score (nSPS) is 11.9. The summed E-state index contributed by atoms with van der Waals surface area (Å²) >= 11 is 0. The Morgan fingerprint density at radius 1 is 1.50 bits per heavy atom. The highest BCUT2D eigenvalue weighted by molar-refractivity contribution is 5.78. The third kappa shape index (κ3) is 3.01. The van der Waals surface area contributed by atoms with Crippen molar-refractivity contribution < 1.29 is 19.6 Å². The Balaban J connectivity index is 2.69. The highest BCUT2D eigenvalue weighted by Gasteiger charge is 2.15. The van der Waals surface area contributed by atoms with Crippen LogP contribution in [0.25, 0.3) is 0 Å². The topological polar surface area (TPSA) is 116 Å². The van der Waals surface area contributed by atoms with Gasteiger partial charge in [0.1, 0.15) is 11.8 Å². The minimum Gasteiger partial charge on any atom is -0.425 e. The van der Waals surface area contributed by atoms with E-state index >= 15 is 0 Å². The Morgan fingerprint density at radius 2 is 2.06 bits per heavy atom. The fourth-order valence-electron chi connectivity index (χ4n) is 0.902. The molecule has 1 aromatic rings. The Kier molecular flexibility index (Phi) is 3.92. The second-order valence-electron chi connectivity index (χ2n) is 2.96. The molecule has 7 heteroatoms. The first kappa shape index (κ1) is 12.1. The summed E-state index contributed by atoms with van der Waals surface area (Å²) in [6.45, 7) is -0.522. The molecule has 0 aliphatic carbocycles. The SMILES string of the molecule is N[C@@H](CO)C(=O)Oc1ccc([N+](=O)[O-])cc1. The third-order valence-electron chi connectivity index (χ3n) is 1.77. The number of esters is 1. The van der Waals surface area contributed by atoms with Crippen LogP contribution >= 0.6 is 0 Å². The molecule has 0 aliphatic rings. The molecule has 0 saturated carbocycles. The molecule has 1 aromatic carbocycles. The van der Waals surface area contributed by atoms with Gasteiger partial charge in [-0.3, -0.25) is 10.1 Å². The smallest absolute Gasteiger partial charge is 0.330 e. The number of aliphatic hydroxyl groups is 1. The van der Waals surface area contributed by atoms with Crippen molar-refractivity contribution in [1.29, 1.82) is 0 Å². The number of nitro benzene ring substituents is 1. The number of nitrogens with zero attached hydrogens (tertiary/aromatic N) is 1. The van der Waals surface area contributed by atoms with Gasteiger partial charge in [0.2, 0.25) is 0 Å². The molecule has 0 saturated heterocycles. The van der Waals surface area contributed by atoms with Crippen LogP contribution in [-0.2, 0) is 4.79 Å². The van der Waals surface area contributed by atoms with E-state index in [1.54, 1.807) is 0 Å². The summed E-state index contributed by atoms with van der Waals surface area (Å²) < 4.78 is 4.76. The number of ether oxygens (including phenoxy) is 1. The highest BCUT2D eigenvalue weighted by Crippen LogP contribution is 2.17. The van der Waals surface area contributed by atoms with Gasteiger partial charge in [-0.05, 0) is 12.1 Å². The van der Waals surface area contributed by atoms with Crippen LogP contribution in [-0.4, -0.2) is 28.6 Å². The molecular weight excluding hydrogens is 216 g/mol. The molecule has 0 amide bonds. The lowest BCUT2D eigenvalue weighted by Gasteiger charge is -2.07. The molecule has 3 N–H and O–H groups in total. The van der Waals surface area contributed by atoms with Crippen LogP contribution in [0.1, 0.15) is 0 Å². The van der Waals surface area contributed by atoms with Gasteiger partial charge in [0.25, 0.3) is 5.69 Å². The molecule has 16 heavy (non-hydrogen) atoms. The van der Waals surface area contributed by atoms with Gasteiger partial charge in [0, 0.05) is 12.1 Å². The average Bonchev–Trinajstić information content (AvgIpc) is 2.28. The fourth-order valence-corrected chi connectivity index (χ4v) is 0.902. The third-order valence-corrected chi connectivity index (χ3v) is 1.77. The molecule has 0 aromatic heterocycles. The number of rotatable bonds is 4. The van der Waals surface area contributed by atoms with Gasteiger partial charge >= 0.3 is 5.97 Å². The van der Waals surface area contributed by atoms with Crippen LogP contribution in [0.4, 0.5) is 5.69 Å². The van der Waals surface area contributed by atoms with E-state index in [1.807, 2.05) is 0 Å². The zero-order valence-electron chi connectivity index (χ0n) is 8.20. The first-order valence-corrected chi connectivity index (χ1v) is 4.37. The highest BCUT2D eigenvalue weighted by atomic mass is 16.6. The number of nitro groups is 1. The Hall–Kier alpha value is -1.99. The lowest BCUT2D eigenvalue weighted by molar-refractivity contribution is -0.384. The Morgan fingerprint density at radius 3 is 2.50 bits per heavy atom. The maximum Gasteiger partial charge on any atom is 0.330 e. The Labute approximate surface area is 90.6 Å². The minimum atomic E-state index is -1.12. The van der Waals surface area contributed by atoms with Crippen molar-refractivity contribution in [3.63, 3.8) is 0 Å². The zero-order chi connectivity index (χ0) is 12.1. The summed E-state index contributed by atoms with van der Waals surface area (Å²) in [5, 5.41) is 18.9. The summed E-state index contributed by atoms with van der Waals surface area (Å²) in [6.07, 6.45) is 0. The predicted octanol–water partition coefficient (Wildman–Crippen LogP) is -0.180. The number of hydrogen-bond donors (Lipinski definition) is 2. The largest absolute Gasteiger partial charge is 0.425 e. The summed E-state index contributed by atoms with van der Waals surface area (Å²) in [5.41, 5.74) is 5.10. The van der Waals surface area contributed by atoms with E-state index in [-0.39, 0.29) is 11.4 Å². The standard InChI is InChI=1S/C9H10N2O5/c10-8(5-12)9(13)16-7-3-1-6(2-4-7)11(14)15/h1-4,8,12H,5,10H2/t8-/m0/s1. The molecule has 0 spiro atoms. The number of aliphatic hydroxyl groups excluding tert-OH is 1. The van der Waals surface area contributed by atoms with Gasteiger partial charge in [0.15, 0.2) is 0 Å². The fraction of sp³-hybridized carbons (Fsp3) is 0.222. The molecular formula is C9H10N2O5. The second kappa shape index (κ2) is 5.19. The number of benzene rings is 1. The van der Waals surface area contributed by atoms with Gasteiger partial charge in [-0.2, -0.15) is 0 Å². The van der Waals surface area contributed by atoms with Gasteiger partial charge in [-0.1, -0.05) is 0 Å². The van der Waals surface area contributed by atoms with Crippen molar-refractivity contribution in [1.82, 2.24) is 0 Å². The first-order chi connectivity index (χ1) is 7.54. The molecule has 0 unspecified atom stereocenters. The summed E-state index contributed by atoms with van der Waals surface area (Å²) in [4.78, 5) is 20.9. The van der Waals surface area contributed by atoms with Crippen LogP contribution in [0.3, 0.4) is 0 Å². The van der Waals surface area contributed by atoms with E-state index in [0.717, 1.165) is 0 Å². The van der Waals surface area contributed by atoms with Crippen LogP contribution in [0.15, 0.2) is 24.3 Å². The zero-order valence-corrected chi connectivity index (χ0v) is 8.20. The molecule has 1 atom stereocenters. The molecule has 0 aliphatic heterocycles. The maximum absolute atomic E-state index is 11.1. The summed E-state index contributed by atoms with van der Waals surface area (Å²) in [6, 6.07) is 3.84. The number of carbonyl (C=O) groups excluding carboxylic acids is 1. The first-order valence-electron chi connectivity index (χ1n) is 4.37. The van der Waals surface area contributed by atoms with E-state index in [4.69, 9.17) is 15.6 Å². The lowest BCUT2D eigenvalue weighted by Crippen LogP contribution is -2.37. The van der Waals surface area contributed by atoms with Crippen LogP contribution in [0.2, 0.25) is 0 Å². The number of hydrogen-bond acceptors (Lipinski definition) is 6. The molecule has 0 bridgehead atoms. The lowest BCUT2D eigenvalue weighted by atomic mass is 10.3. The van der Waals surface area contributed by atoms with Crippen molar-refractivity contribution in [2.45, 2.75) is 6.04 Å². The quantitative estimate of drug-likeness (QED) is 0.318. The van der Waals surface area contributed by atoms with E-state index in [9.17, 15) is 14.9 Å². The molecule has 0 heterocycles. The molecule has 0 fully saturated rings. The van der Waals surface area contributed by atoms with E-state index in [1.165, 1.54) is 24.3 Å². The van der Waals surface area contributed by atoms with Gasteiger partial charge in [-0.15, -0.1) is 0 Å². The second-order valence-corrected chi connectivity index (χ2v) is 2.96. The molecule has 1 rings (SSSR count). The molecule has 0 radical (unpaired) electrons. The maximum atomic E-state index is 11.1. The van der Waals surface area contributed by atoms with Gasteiger partial charge in [0.05, 0.1) is 11.5 Å². The molecule has 7 nitrogen and oxygen atoms in total. The molecule has 86 valence electrons. The monoisotopic (exact) mass is 226 g/mol. The van der Waals surface area contributed by atoms with Crippen LogP contribution in [0, 0.1) is 10.1 Å². The Bertz CT molecular complexity index is 389. The van der Waals surface area contributed by atoms with Crippen LogP contribution in [0.5, 0.6) is 5.75 Å². The van der Waals surface area contributed by atoms with Gasteiger partial charge < -0.3 is 15.6 Å². The summed E-state index contributed by atoms with van der Waals surface area (Å²) in [7, 11) is 0. The van der Waals surface area contributed by atoms with Gasteiger partial charge in [-0.25, -0.2) is 4.79 Å². The number of non-ortho nitro benzene ring substituents is 1. The number of carbonyl (C=O) groups is 1. The van der Waals surface area contributed by atoms with Crippen molar-refractivity contribution in [2.75, 3.05) is 6.61 Å². The van der Waals surface area contributed by atoms with Crippen molar-refractivity contribution >= 4 is 11.7 Å². The van der Waals surface area contributed by atoms with Crippen LogP contribution < -0.4 is 10.5 Å². The van der Waals surface area contributed by atoms with E-state index in [2.05, 4.69) is 0 Å². The number of nitrogens with two attached hydrogens (primary N) is 1. The van der Waals surface area contributed by atoms with Crippen molar-refractivity contribution in [3.8, 4) is 5.75 Å². The average molecular weight is 226 g/mol. The van der Waals surface area contributed by atoms with E-state index in [0.29, 0.717) is 0 Å². The minimum absolute atomic E-state index is 0.105. The summed E-state index contributed by atoms with van der Waals surface area (Å²) in [5.74, 6) is -0.657. The van der Waals surface area contributed by atoms with E-state index < -0.39 is 23.5 Å². The van der Waals surface area contributed by atoms with Crippen molar-refractivity contribution in [3.05, 3.63) is 34.4 Å². The van der Waals surface area contributed by atoms with Crippen molar-refractivity contribution in [2.24, 2.45) is 5.73 Å².